The third kappa shape index (κ3) is 5.42. The molecule has 0 saturated carbocycles. The van der Waals surface area contributed by atoms with Crippen molar-refractivity contribution in [2.24, 2.45) is 0 Å². The van der Waals surface area contributed by atoms with E-state index in [1.54, 1.807) is 42.7 Å². The lowest BCUT2D eigenvalue weighted by Gasteiger charge is -2.15. The number of amides is 1. The lowest BCUT2D eigenvalue weighted by Crippen LogP contribution is -2.42. The summed E-state index contributed by atoms with van der Waals surface area (Å²) in [7, 11) is -3.74. The maximum Gasteiger partial charge on any atom is 0.326 e. The highest BCUT2D eigenvalue weighted by molar-refractivity contribution is 7.92. The molecule has 0 aliphatic carbocycles. The van der Waals surface area contributed by atoms with Crippen molar-refractivity contribution in [1.29, 1.82) is 0 Å². The van der Waals surface area contributed by atoms with Crippen molar-refractivity contribution >= 4 is 27.6 Å². The molecular formula is C21H19N3O5S. The second kappa shape index (κ2) is 9.19. The highest BCUT2D eigenvalue weighted by Crippen LogP contribution is 2.16. The van der Waals surface area contributed by atoms with Crippen LogP contribution in [0, 0.1) is 0 Å². The van der Waals surface area contributed by atoms with Crippen LogP contribution in [0.15, 0.2) is 84.0 Å². The first kappa shape index (κ1) is 21.0. The van der Waals surface area contributed by atoms with Gasteiger partial charge in [0.25, 0.3) is 15.9 Å². The van der Waals surface area contributed by atoms with Gasteiger partial charge in [-0.3, -0.25) is 14.5 Å². The predicted molar refractivity (Wildman–Crippen MR) is 111 cm³/mol. The SMILES string of the molecule is O=C(NC(Cc1ccncc1)C(=O)O)c1ccc(NS(=O)(=O)c2ccccc2)cc1. The number of carboxylic acids is 1. The number of hydrogen-bond donors (Lipinski definition) is 3. The molecule has 3 N–H and O–H groups in total. The zero-order valence-corrected chi connectivity index (χ0v) is 16.5. The van der Waals surface area contributed by atoms with E-state index in [4.69, 9.17) is 0 Å². The summed E-state index contributed by atoms with van der Waals surface area (Å²) in [6.45, 7) is 0. The zero-order valence-electron chi connectivity index (χ0n) is 15.7. The summed E-state index contributed by atoms with van der Waals surface area (Å²) in [5, 5.41) is 11.9. The fraction of sp³-hybridized carbons (Fsp3) is 0.0952. The Kier molecular flexibility index (Phi) is 6.43. The quantitative estimate of drug-likeness (QED) is 0.509. The van der Waals surface area contributed by atoms with E-state index in [1.165, 1.54) is 36.4 Å². The van der Waals surface area contributed by atoms with E-state index in [1.807, 2.05) is 0 Å². The largest absolute Gasteiger partial charge is 0.480 e. The van der Waals surface area contributed by atoms with Crippen molar-refractivity contribution in [2.75, 3.05) is 4.72 Å². The van der Waals surface area contributed by atoms with E-state index in [-0.39, 0.29) is 22.6 Å². The van der Waals surface area contributed by atoms with Crippen LogP contribution in [0.4, 0.5) is 5.69 Å². The van der Waals surface area contributed by atoms with Crippen molar-refractivity contribution in [1.82, 2.24) is 10.3 Å². The molecule has 0 radical (unpaired) electrons. The molecule has 30 heavy (non-hydrogen) atoms. The Bertz CT molecular complexity index is 1120. The number of carbonyl (C=O) groups excluding carboxylic acids is 1. The summed E-state index contributed by atoms with van der Waals surface area (Å²) in [6, 6.07) is 15.8. The van der Waals surface area contributed by atoms with Crippen LogP contribution in [0.5, 0.6) is 0 Å². The Balaban J connectivity index is 1.67. The fourth-order valence-electron chi connectivity index (χ4n) is 2.70. The lowest BCUT2D eigenvalue weighted by atomic mass is 10.1. The van der Waals surface area contributed by atoms with E-state index >= 15 is 0 Å². The molecule has 1 atom stereocenters. The molecule has 0 fully saturated rings. The van der Waals surface area contributed by atoms with Gasteiger partial charge in [0.15, 0.2) is 0 Å². The third-order valence-corrected chi connectivity index (χ3v) is 5.64. The monoisotopic (exact) mass is 425 g/mol. The first-order chi connectivity index (χ1) is 14.3. The van der Waals surface area contributed by atoms with Crippen LogP contribution in [0.1, 0.15) is 15.9 Å². The number of benzene rings is 2. The van der Waals surface area contributed by atoms with Gasteiger partial charge in [-0.15, -0.1) is 0 Å². The van der Waals surface area contributed by atoms with Crippen molar-refractivity contribution in [2.45, 2.75) is 17.4 Å². The molecule has 0 bridgehead atoms. The second-order valence-electron chi connectivity index (χ2n) is 6.42. The number of rotatable bonds is 8. The molecule has 2 aromatic carbocycles. The smallest absolute Gasteiger partial charge is 0.326 e. The first-order valence-electron chi connectivity index (χ1n) is 8.96. The number of pyridine rings is 1. The molecule has 8 nitrogen and oxygen atoms in total. The van der Waals surface area contributed by atoms with E-state index in [2.05, 4.69) is 15.0 Å². The van der Waals surface area contributed by atoms with Crippen LogP contribution >= 0.6 is 0 Å². The minimum atomic E-state index is -3.74. The van der Waals surface area contributed by atoms with Gasteiger partial charge >= 0.3 is 5.97 Å². The van der Waals surface area contributed by atoms with Gasteiger partial charge in [-0.2, -0.15) is 0 Å². The summed E-state index contributed by atoms with van der Waals surface area (Å²) in [5.41, 5.74) is 1.21. The maximum absolute atomic E-state index is 12.4. The molecule has 1 aromatic heterocycles. The average Bonchev–Trinajstić information content (AvgIpc) is 2.75. The van der Waals surface area contributed by atoms with Gasteiger partial charge in [-0.25, -0.2) is 13.2 Å². The minimum Gasteiger partial charge on any atom is -0.480 e. The highest BCUT2D eigenvalue weighted by atomic mass is 32.2. The van der Waals surface area contributed by atoms with Gasteiger partial charge in [-0.1, -0.05) is 18.2 Å². The van der Waals surface area contributed by atoms with Crippen molar-refractivity contribution < 1.29 is 23.1 Å². The third-order valence-electron chi connectivity index (χ3n) is 4.25. The van der Waals surface area contributed by atoms with Crippen LogP contribution in [0.25, 0.3) is 0 Å². The van der Waals surface area contributed by atoms with E-state index in [9.17, 15) is 23.1 Å². The van der Waals surface area contributed by atoms with E-state index in [0.29, 0.717) is 0 Å². The summed E-state index contributed by atoms with van der Waals surface area (Å²) < 4.78 is 27.1. The number of aromatic nitrogens is 1. The summed E-state index contributed by atoms with van der Waals surface area (Å²) in [6.07, 6.45) is 3.20. The average molecular weight is 425 g/mol. The standard InChI is InChI=1S/C21H19N3O5S/c25-20(23-19(21(26)27)14-15-10-12-22-13-11-15)16-6-8-17(9-7-16)24-30(28,29)18-4-2-1-3-5-18/h1-13,19,24H,14H2,(H,23,25)(H,26,27). The number of sulfonamides is 1. The Morgan fingerprint density at radius 2 is 1.57 bits per heavy atom. The molecule has 3 aromatic rings. The number of nitrogens with one attached hydrogen (secondary N) is 2. The van der Waals surface area contributed by atoms with Crippen LogP contribution < -0.4 is 10.0 Å². The molecule has 0 spiro atoms. The molecule has 1 unspecified atom stereocenters. The molecule has 0 saturated heterocycles. The Hall–Kier alpha value is -3.72. The minimum absolute atomic E-state index is 0.110. The molecular weight excluding hydrogens is 406 g/mol. The van der Waals surface area contributed by atoms with Gasteiger partial charge in [0.05, 0.1) is 4.90 Å². The second-order valence-corrected chi connectivity index (χ2v) is 8.10. The molecule has 154 valence electrons. The molecule has 1 amide bonds. The lowest BCUT2D eigenvalue weighted by molar-refractivity contribution is -0.139. The van der Waals surface area contributed by atoms with Crippen LogP contribution in [-0.4, -0.2) is 36.4 Å². The number of carbonyl (C=O) groups is 2. The maximum atomic E-state index is 12.4. The van der Waals surface area contributed by atoms with Gasteiger partial charge in [0.1, 0.15) is 6.04 Å². The van der Waals surface area contributed by atoms with E-state index < -0.39 is 27.9 Å². The van der Waals surface area contributed by atoms with Gasteiger partial charge in [0.2, 0.25) is 0 Å². The molecule has 0 aliphatic rings. The Morgan fingerprint density at radius 1 is 0.933 bits per heavy atom. The number of hydrogen-bond acceptors (Lipinski definition) is 5. The van der Waals surface area contributed by atoms with E-state index in [0.717, 1.165) is 5.56 Å². The first-order valence-corrected chi connectivity index (χ1v) is 10.4. The fourth-order valence-corrected chi connectivity index (χ4v) is 3.78. The summed E-state index contributed by atoms with van der Waals surface area (Å²) in [5.74, 6) is -1.73. The van der Waals surface area contributed by atoms with Crippen LogP contribution in [0.3, 0.4) is 0 Å². The predicted octanol–water partition coefficient (Wildman–Crippen LogP) is 2.31. The molecule has 3 rings (SSSR count). The topological polar surface area (TPSA) is 125 Å². The van der Waals surface area contributed by atoms with Crippen molar-refractivity contribution in [3.63, 3.8) is 0 Å². The van der Waals surface area contributed by atoms with Gasteiger partial charge < -0.3 is 10.4 Å². The van der Waals surface area contributed by atoms with Crippen LogP contribution in [0.2, 0.25) is 0 Å². The normalized spacial score (nSPS) is 12.0. The van der Waals surface area contributed by atoms with Gasteiger partial charge in [0, 0.05) is 30.1 Å². The number of nitrogens with zero attached hydrogens (tertiary/aromatic N) is 1. The molecule has 0 aliphatic heterocycles. The summed E-state index contributed by atoms with van der Waals surface area (Å²) in [4.78, 5) is 27.9. The Labute approximate surface area is 173 Å². The molecule has 1 heterocycles. The number of anilines is 1. The highest BCUT2D eigenvalue weighted by Gasteiger charge is 2.21. The summed E-state index contributed by atoms with van der Waals surface area (Å²) >= 11 is 0. The van der Waals surface area contributed by atoms with Crippen molar-refractivity contribution in [3.8, 4) is 0 Å². The van der Waals surface area contributed by atoms with Crippen molar-refractivity contribution in [3.05, 3.63) is 90.3 Å². The number of carboxylic acid groups (broad SMARTS) is 1. The zero-order chi connectivity index (χ0) is 21.6. The Morgan fingerprint density at radius 3 is 2.17 bits per heavy atom. The molecule has 9 heteroatoms. The number of aliphatic carboxylic acids is 1. The van der Waals surface area contributed by atoms with Crippen LogP contribution in [-0.2, 0) is 21.2 Å². The van der Waals surface area contributed by atoms with Gasteiger partial charge in [-0.05, 0) is 54.1 Å².